The number of carbonyl (C=O) groups is 1. The van der Waals surface area contributed by atoms with Crippen molar-refractivity contribution in [3.63, 3.8) is 0 Å². The van der Waals surface area contributed by atoms with Crippen molar-refractivity contribution >= 4 is 5.91 Å². The molecule has 0 atom stereocenters. The van der Waals surface area contributed by atoms with Gasteiger partial charge in [0.2, 0.25) is 5.89 Å². The number of benzene rings is 2. The second kappa shape index (κ2) is 7.72. The molecule has 1 aliphatic heterocycles. The quantitative estimate of drug-likeness (QED) is 0.655. The summed E-state index contributed by atoms with van der Waals surface area (Å²) in [7, 11) is 3.23. The van der Waals surface area contributed by atoms with Crippen LogP contribution >= 0.6 is 0 Å². The van der Waals surface area contributed by atoms with E-state index in [4.69, 9.17) is 14.0 Å². The van der Waals surface area contributed by atoms with E-state index in [0.29, 0.717) is 42.5 Å². The number of rotatable bonds is 6. The van der Waals surface area contributed by atoms with Gasteiger partial charge in [-0.2, -0.15) is 4.98 Å². The standard InChI is InChI=1S/C21H21N3O4/c1-26-17-8-5-7-15(10-17)21(25)24-12-16(13-24)20-22-19(23-28-20)11-14-6-3-4-9-18(14)27-2/h3-10,16H,11-13H2,1-2H3. The van der Waals surface area contributed by atoms with Crippen LogP contribution in [0.5, 0.6) is 11.5 Å². The van der Waals surface area contributed by atoms with Crippen LogP contribution in [0.2, 0.25) is 0 Å². The van der Waals surface area contributed by atoms with Gasteiger partial charge in [0.05, 0.1) is 20.1 Å². The molecule has 1 fully saturated rings. The summed E-state index contributed by atoms with van der Waals surface area (Å²) in [5, 5.41) is 4.08. The van der Waals surface area contributed by atoms with Crippen LogP contribution in [0.4, 0.5) is 0 Å². The summed E-state index contributed by atoms with van der Waals surface area (Å²) in [4.78, 5) is 18.9. The third-order valence-electron chi connectivity index (χ3n) is 4.86. The Kier molecular flexibility index (Phi) is 4.97. The minimum absolute atomic E-state index is 0.0242. The fourth-order valence-corrected chi connectivity index (χ4v) is 3.26. The highest BCUT2D eigenvalue weighted by atomic mass is 16.5. The maximum absolute atomic E-state index is 12.6. The van der Waals surface area contributed by atoms with Crippen molar-refractivity contribution in [3.05, 3.63) is 71.4 Å². The number of carbonyl (C=O) groups excluding carboxylic acids is 1. The van der Waals surface area contributed by atoms with Crippen LogP contribution in [0, 0.1) is 0 Å². The lowest BCUT2D eigenvalue weighted by Crippen LogP contribution is -2.48. The van der Waals surface area contributed by atoms with Crippen LogP contribution in [-0.4, -0.2) is 48.3 Å². The zero-order chi connectivity index (χ0) is 19.5. The van der Waals surface area contributed by atoms with E-state index in [1.807, 2.05) is 36.4 Å². The third kappa shape index (κ3) is 3.55. The van der Waals surface area contributed by atoms with Gasteiger partial charge in [-0.3, -0.25) is 4.79 Å². The van der Waals surface area contributed by atoms with Crippen LogP contribution in [-0.2, 0) is 6.42 Å². The summed E-state index contributed by atoms with van der Waals surface area (Å²) >= 11 is 0. The van der Waals surface area contributed by atoms with E-state index in [2.05, 4.69) is 10.1 Å². The van der Waals surface area contributed by atoms with Gasteiger partial charge in [0.1, 0.15) is 11.5 Å². The molecule has 0 radical (unpaired) electrons. The van der Waals surface area contributed by atoms with Gasteiger partial charge in [-0.15, -0.1) is 0 Å². The van der Waals surface area contributed by atoms with Gasteiger partial charge in [-0.1, -0.05) is 29.4 Å². The topological polar surface area (TPSA) is 77.7 Å². The number of ether oxygens (including phenoxy) is 2. The Labute approximate surface area is 162 Å². The zero-order valence-corrected chi connectivity index (χ0v) is 15.8. The minimum atomic E-state index is -0.0242. The zero-order valence-electron chi connectivity index (χ0n) is 15.8. The minimum Gasteiger partial charge on any atom is -0.497 e. The molecular weight excluding hydrogens is 358 g/mol. The number of para-hydroxylation sites is 1. The second-order valence-electron chi connectivity index (χ2n) is 6.68. The molecule has 1 saturated heterocycles. The number of amides is 1. The summed E-state index contributed by atoms with van der Waals surface area (Å²) < 4.78 is 16.0. The van der Waals surface area contributed by atoms with E-state index in [0.717, 1.165) is 11.3 Å². The first-order chi connectivity index (χ1) is 13.7. The van der Waals surface area contributed by atoms with E-state index in [9.17, 15) is 4.79 Å². The maximum atomic E-state index is 12.6. The molecule has 3 aromatic rings. The van der Waals surface area contributed by atoms with E-state index in [1.165, 1.54) is 0 Å². The lowest BCUT2D eigenvalue weighted by Gasteiger charge is -2.37. The van der Waals surface area contributed by atoms with E-state index in [1.54, 1.807) is 31.3 Å². The Balaban J connectivity index is 1.38. The largest absolute Gasteiger partial charge is 0.497 e. The van der Waals surface area contributed by atoms with E-state index in [-0.39, 0.29) is 11.8 Å². The van der Waals surface area contributed by atoms with Crippen LogP contribution < -0.4 is 9.47 Å². The van der Waals surface area contributed by atoms with Gasteiger partial charge < -0.3 is 18.9 Å². The summed E-state index contributed by atoms with van der Waals surface area (Å²) in [6.07, 6.45) is 0.534. The van der Waals surface area contributed by atoms with Crippen LogP contribution in [0.3, 0.4) is 0 Å². The normalized spacial score (nSPS) is 13.9. The molecule has 1 amide bonds. The lowest BCUT2D eigenvalue weighted by molar-refractivity contribution is 0.0569. The highest BCUT2D eigenvalue weighted by Crippen LogP contribution is 2.28. The molecule has 0 unspecified atom stereocenters. The first kappa shape index (κ1) is 18.0. The molecule has 28 heavy (non-hydrogen) atoms. The van der Waals surface area contributed by atoms with Crippen molar-refractivity contribution in [1.82, 2.24) is 15.0 Å². The summed E-state index contributed by atoms with van der Waals surface area (Å²) in [5.41, 5.74) is 1.61. The number of hydrogen-bond donors (Lipinski definition) is 0. The summed E-state index contributed by atoms with van der Waals surface area (Å²) in [6, 6.07) is 14.9. The Hall–Kier alpha value is -3.35. The Morgan fingerprint density at radius 3 is 2.75 bits per heavy atom. The van der Waals surface area contributed by atoms with Crippen molar-refractivity contribution in [3.8, 4) is 11.5 Å². The highest BCUT2D eigenvalue weighted by Gasteiger charge is 2.36. The van der Waals surface area contributed by atoms with Crippen molar-refractivity contribution in [2.24, 2.45) is 0 Å². The van der Waals surface area contributed by atoms with Gasteiger partial charge >= 0.3 is 0 Å². The highest BCUT2D eigenvalue weighted by molar-refractivity contribution is 5.95. The van der Waals surface area contributed by atoms with Crippen LogP contribution in [0.1, 0.15) is 33.6 Å². The number of hydrogen-bond acceptors (Lipinski definition) is 6. The molecule has 0 spiro atoms. The molecule has 144 valence electrons. The fraction of sp³-hybridized carbons (Fsp3) is 0.286. The van der Waals surface area contributed by atoms with Gasteiger partial charge in [0, 0.05) is 30.6 Å². The SMILES string of the molecule is COc1cccc(C(=O)N2CC(c3nc(Cc4ccccc4OC)no3)C2)c1. The molecule has 0 saturated carbocycles. The Morgan fingerprint density at radius 2 is 1.96 bits per heavy atom. The van der Waals surface area contributed by atoms with Crippen molar-refractivity contribution in [2.75, 3.05) is 27.3 Å². The first-order valence-corrected chi connectivity index (χ1v) is 9.05. The number of nitrogens with zero attached hydrogens (tertiary/aromatic N) is 3. The molecule has 4 rings (SSSR count). The third-order valence-corrected chi connectivity index (χ3v) is 4.86. The predicted octanol–water partition coefficient (Wildman–Crippen LogP) is 2.92. The number of aromatic nitrogens is 2. The van der Waals surface area contributed by atoms with Gasteiger partial charge in [0.15, 0.2) is 5.82 Å². The van der Waals surface area contributed by atoms with Crippen LogP contribution in [0.25, 0.3) is 0 Å². The van der Waals surface area contributed by atoms with Gasteiger partial charge in [0.25, 0.3) is 5.91 Å². The smallest absolute Gasteiger partial charge is 0.254 e. The van der Waals surface area contributed by atoms with E-state index >= 15 is 0 Å². The average Bonchev–Trinajstić information content (AvgIpc) is 3.15. The summed E-state index contributed by atoms with van der Waals surface area (Å²) in [5.74, 6) is 2.68. The molecule has 0 bridgehead atoms. The molecule has 1 aliphatic rings. The predicted molar refractivity (Wildman–Crippen MR) is 102 cm³/mol. The maximum Gasteiger partial charge on any atom is 0.254 e. The van der Waals surface area contributed by atoms with Gasteiger partial charge in [-0.05, 0) is 24.3 Å². The molecular formula is C21H21N3O4. The number of likely N-dealkylation sites (tertiary alicyclic amines) is 1. The molecule has 0 aliphatic carbocycles. The second-order valence-corrected chi connectivity index (χ2v) is 6.68. The first-order valence-electron chi connectivity index (χ1n) is 9.05. The fourth-order valence-electron chi connectivity index (χ4n) is 3.26. The molecule has 7 heteroatoms. The molecule has 7 nitrogen and oxygen atoms in total. The van der Waals surface area contributed by atoms with Crippen molar-refractivity contribution in [2.45, 2.75) is 12.3 Å². The monoisotopic (exact) mass is 379 g/mol. The van der Waals surface area contributed by atoms with Crippen molar-refractivity contribution in [1.29, 1.82) is 0 Å². The summed E-state index contributed by atoms with van der Waals surface area (Å²) in [6.45, 7) is 1.12. The molecule has 0 N–H and O–H groups in total. The van der Waals surface area contributed by atoms with E-state index < -0.39 is 0 Å². The lowest BCUT2D eigenvalue weighted by atomic mass is 9.98. The Bertz CT molecular complexity index is 979. The molecule has 1 aromatic heterocycles. The van der Waals surface area contributed by atoms with Crippen LogP contribution in [0.15, 0.2) is 53.1 Å². The average molecular weight is 379 g/mol. The molecule has 2 heterocycles. The Morgan fingerprint density at radius 1 is 1.14 bits per heavy atom. The molecule has 2 aromatic carbocycles. The van der Waals surface area contributed by atoms with Gasteiger partial charge in [-0.25, -0.2) is 0 Å². The van der Waals surface area contributed by atoms with Crippen molar-refractivity contribution < 1.29 is 18.8 Å². The number of methoxy groups -OCH3 is 2.